The Bertz CT molecular complexity index is 1140. The van der Waals surface area contributed by atoms with Gasteiger partial charge < -0.3 is 4.90 Å². The van der Waals surface area contributed by atoms with Crippen molar-refractivity contribution in [3.63, 3.8) is 0 Å². The zero-order valence-corrected chi connectivity index (χ0v) is 19.0. The standard InChI is InChI=1S/C27H31N3O/c1-18(2)30-25-14-13-20(15-24(25)19(3)16-27(30,4)5)17-28-29-26(31)23-12-8-10-21-9-6-7-11-22(21)23/h6-15,17-19H,16H2,1-5H3,(H,29,31)/b28-17-/t19-/m0/s1. The number of nitrogens with zero attached hydrogens (tertiary/aromatic N) is 2. The molecule has 0 radical (unpaired) electrons. The quantitative estimate of drug-likeness (QED) is 0.415. The first kappa shape index (κ1) is 21.1. The fourth-order valence-corrected chi connectivity index (χ4v) is 5.18. The maximum absolute atomic E-state index is 12.7. The Morgan fingerprint density at radius 3 is 2.65 bits per heavy atom. The van der Waals surface area contributed by atoms with Crippen LogP contribution < -0.4 is 10.3 Å². The molecule has 0 spiro atoms. The van der Waals surface area contributed by atoms with Gasteiger partial charge in [0.15, 0.2) is 0 Å². The molecule has 0 unspecified atom stereocenters. The third kappa shape index (κ3) is 4.07. The largest absolute Gasteiger partial charge is 0.364 e. The van der Waals surface area contributed by atoms with Gasteiger partial charge in [0.2, 0.25) is 0 Å². The first-order valence-corrected chi connectivity index (χ1v) is 11.0. The minimum absolute atomic E-state index is 0.128. The van der Waals surface area contributed by atoms with E-state index in [0.717, 1.165) is 22.8 Å². The van der Waals surface area contributed by atoms with Gasteiger partial charge in [-0.15, -0.1) is 0 Å². The molecule has 3 aromatic carbocycles. The van der Waals surface area contributed by atoms with Gasteiger partial charge in [0.1, 0.15) is 0 Å². The summed E-state index contributed by atoms with van der Waals surface area (Å²) in [4.78, 5) is 15.2. The lowest BCUT2D eigenvalue weighted by Gasteiger charge is -2.50. The highest BCUT2D eigenvalue weighted by molar-refractivity contribution is 6.07. The molecular formula is C27H31N3O. The van der Waals surface area contributed by atoms with Gasteiger partial charge in [-0.25, -0.2) is 5.43 Å². The number of nitrogens with one attached hydrogen (secondary N) is 1. The van der Waals surface area contributed by atoms with E-state index in [1.165, 1.54) is 11.3 Å². The van der Waals surface area contributed by atoms with Crippen molar-refractivity contribution < 1.29 is 4.79 Å². The van der Waals surface area contributed by atoms with Crippen LogP contribution in [0.25, 0.3) is 10.8 Å². The summed E-state index contributed by atoms with van der Waals surface area (Å²) in [7, 11) is 0. The van der Waals surface area contributed by atoms with Gasteiger partial charge in [-0.05, 0) is 80.1 Å². The molecule has 1 amide bonds. The van der Waals surface area contributed by atoms with Crippen LogP contribution in [-0.2, 0) is 0 Å². The predicted octanol–water partition coefficient (Wildman–Crippen LogP) is 6.10. The Morgan fingerprint density at radius 1 is 1.13 bits per heavy atom. The normalized spacial score (nSPS) is 17.9. The number of benzene rings is 3. The second kappa shape index (κ2) is 8.18. The van der Waals surface area contributed by atoms with Crippen LogP contribution in [0.5, 0.6) is 0 Å². The first-order chi connectivity index (χ1) is 14.8. The molecule has 4 nitrogen and oxygen atoms in total. The molecule has 4 heteroatoms. The molecule has 1 heterocycles. The number of carbonyl (C=O) groups excluding carboxylic acids is 1. The summed E-state index contributed by atoms with van der Waals surface area (Å²) < 4.78 is 0. The van der Waals surface area contributed by atoms with Crippen molar-refractivity contribution in [2.24, 2.45) is 5.10 Å². The Labute approximate surface area is 185 Å². The topological polar surface area (TPSA) is 44.7 Å². The summed E-state index contributed by atoms with van der Waals surface area (Å²) in [5.41, 5.74) is 7.09. The highest BCUT2D eigenvalue weighted by Gasteiger charge is 2.37. The van der Waals surface area contributed by atoms with Crippen LogP contribution in [0.4, 0.5) is 5.69 Å². The highest BCUT2D eigenvalue weighted by atomic mass is 16.2. The van der Waals surface area contributed by atoms with Crippen LogP contribution in [0, 0.1) is 0 Å². The number of carbonyl (C=O) groups is 1. The molecule has 3 aromatic rings. The molecule has 1 atom stereocenters. The van der Waals surface area contributed by atoms with Crippen molar-refractivity contribution >= 4 is 28.6 Å². The van der Waals surface area contributed by atoms with Crippen molar-refractivity contribution in [1.82, 2.24) is 5.43 Å². The molecule has 1 aliphatic rings. The summed E-state index contributed by atoms with van der Waals surface area (Å²) in [5, 5.41) is 6.21. The van der Waals surface area contributed by atoms with E-state index in [4.69, 9.17) is 0 Å². The van der Waals surface area contributed by atoms with Crippen molar-refractivity contribution in [2.75, 3.05) is 4.90 Å². The van der Waals surface area contributed by atoms with E-state index >= 15 is 0 Å². The van der Waals surface area contributed by atoms with Crippen LogP contribution in [0.1, 0.15) is 68.4 Å². The molecule has 1 aliphatic heterocycles. The Morgan fingerprint density at radius 2 is 1.87 bits per heavy atom. The van der Waals surface area contributed by atoms with Crippen LogP contribution in [0.15, 0.2) is 65.8 Å². The number of hydrazone groups is 1. The third-order valence-electron chi connectivity index (χ3n) is 6.23. The van der Waals surface area contributed by atoms with Gasteiger partial charge >= 0.3 is 0 Å². The van der Waals surface area contributed by atoms with Crippen molar-refractivity contribution in [1.29, 1.82) is 0 Å². The van der Waals surface area contributed by atoms with Crippen LogP contribution in [0.2, 0.25) is 0 Å². The number of rotatable bonds is 4. The lowest BCUT2D eigenvalue weighted by molar-refractivity contribution is 0.0957. The maximum Gasteiger partial charge on any atom is 0.271 e. The van der Waals surface area contributed by atoms with Crippen molar-refractivity contribution in [3.8, 4) is 0 Å². The average molecular weight is 414 g/mol. The summed E-state index contributed by atoms with van der Waals surface area (Å²) in [6.07, 6.45) is 2.84. The van der Waals surface area contributed by atoms with E-state index in [0.29, 0.717) is 17.5 Å². The lowest BCUT2D eigenvalue weighted by Crippen LogP contribution is -2.51. The van der Waals surface area contributed by atoms with Gasteiger partial charge in [0.25, 0.3) is 5.91 Å². The molecule has 1 N–H and O–H groups in total. The number of fused-ring (bicyclic) bond motifs is 2. The SMILES string of the molecule is CC(C)N1c2ccc(/C=N\NC(=O)c3cccc4ccccc34)cc2[C@@H](C)CC1(C)C. The Kier molecular flexibility index (Phi) is 5.57. The predicted molar refractivity (Wildman–Crippen MR) is 130 cm³/mol. The fraction of sp³-hybridized carbons (Fsp3) is 0.333. The molecule has 0 aromatic heterocycles. The molecule has 0 bridgehead atoms. The second-order valence-electron chi connectivity index (χ2n) is 9.43. The molecule has 0 saturated carbocycles. The summed E-state index contributed by atoms with van der Waals surface area (Å²) in [6, 6.07) is 20.5. The highest BCUT2D eigenvalue weighted by Crippen LogP contribution is 2.44. The van der Waals surface area contributed by atoms with E-state index in [9.17, 15) is 4.79 Å². The number of amides is 1. The van der Waals surface area contributed by atoms with Crippen LogP contribution in [-0.4, -0.2) is 23.7 Å². The third-order valence-corrected chi connectivity index (χ3v) is 6.23. The molecule has 31 heavy (non-hydrogen) atoms. The first-order valence-electron chi connectivity index (χ1n) is 11.0. The number of anilines is 1. The molecule has 0 aliphatic carbocycles. The summed E-state index contributed by atoms with van der Waals surface area (Å²) >= 11 is 0. The lowest BCUT2D eigenvalue weighted by atomic mass is 9.79. The maximum atomic E-state index is 12.7. The van der Waals surface area contributed by atoms with Gasteiger partial charge in [-0.3, -0.25) is 4.79 Å². The van der Waals surface area contributed by atoms with Crippen LogP contribution in [0.3, 0.4) is 0 Å². The molecular weight excluding hydrogens is 382 g/mol. The zero-order valence-electron chi connectivity index (χ0n) is 19.0. The van der Waals surface area contributed by atoms with Crippen molar-refractivity contribution in [3.05, 3.63) is 77.4 Å². The number of hydrogen-bond donors (Lipinski definition) is 1. The molecule has 0 fully saturated rings. The Hall–Kier alpha value is -3.14. The van der Waals surface area contributed by atoms with E-state index in [1.807, 2.05) is 42.5 Å². The minimum Gasteiger partial charge on any atom is -0.364 e. The molecule has 0 saturated heterocycles. The monoisotopic (exact) mass is 413 g/mol. The second-order valence-corrected chi connectivity index (χ2v) is 9.43. The van der Waals surface area contributed by atoms with E-state index < -0.39 is 0 Å². The van der Waals surface area contributed by atoms with Crippen molar-refractivity contribution in [2.45, 2.75) is 58.5 Å². The minimum atomic E-state index is -0.202. The van der Waals surface area contributed by atoms with Gasteiger partial charge in [-0.1, -0.05) is 49.4 Å². The Balaban J connectivity index is 1.55. The van der Waals surface area contributed by atoms with Gasteiger partial charge in [-0.2, -0.15) is 5.10 Å². The van der Waals surface area contributed by atoms with E-state index in [1.54, 1.807) is 6.21 Å². The number of hydrogen-bond acceptors (Lipinski definition) is 3. The summed E-state index contributed by atoms with van der Waals surface area (Å²) in [6.45, 7) is 11.4. The molecule has 160 valence electrons. The van der Waals surface area contributed by atoms with Crippen LogP contribution >= 0.6 is 0 Å². The average Bonchev–Trinajstić information content (AvgIpc) is 2.72. The van der Waals surface area contributed by atoms with Gasteiger partial charge in [0, 0.05) is 22.8 Å². The van der Waals surface area contributed by atoms with E-state index in [-0.39, 0.29) is 11.4 Å². The van der Waals surface area contributed by atoms with Gasteiger partial charge in [0.05, 0.1) is 6.21 Å². The smallest absolute Gasteiger partial charge is 0.271 e. The summed E-state index contributed by atoms with van der Waals surface area (Å²) in [5.74, 6) is 0.269. The zero-order chi connectivity index (χ0) is 22.2. The molecule has 4 rings (SSSR count). The fourth-order valence-electron chi connectivity index (χ4n) is 5.18. The van der Waals surface area contributed by atoms with E-state index in [2.05, 4.69) is 68.2 Å².